The van der Waals surface area contributed by atoms with Crippen LogP contribution in [0.25, 0.3) is 0 Å². The van der Waals surface area contributed by atoms with Gasteiger partial charge in [-0.15, -0.1) is 0 Å². The van der Waals surface area contributed by atoms with Crippen molar-refractivity contribution >= 4 is 17.5 Å². The molecule has 0 saturated heterocycles. The molecule has 38 heavy (non-hydrogen) atoms. The summed E-state index contributed by atoms with van der Waals surface area (Å²) in [7, 11) is 0. The third-order valence-electron chi connectivity index (χ3n) is 7.10. The first-order valence-electron chi connectivity index (χ1n) is 13.3. The van der Waals surface area contributed by atoms with E-state index >= 15 is 0 Å². The number of nitrogens with one attached hydrogen (secondary N) is 2. The smallest absolute Gasteiger partial charge is 0.256 e. The predicted molar refractivity (Wildman–Crippen MR) is 152 cm³/mol. The van der Waals surface area contributed by atoms with E-state index in [0.29, 0.717) is 18.7 Å². The molecule has 0 fully saturated rings. The van der Waals surface area contributed by atoms with Gasteiger partial charge in [-0.05, 0) is 54.3 Å². The van der Waals surface area contributed by atoms with Crippen molar-refractivity contribution in [3.8, 4) is 0 Å². The third kappa shape index (κ3) is 5.47. The van der Waals surface area contributed by atoms with Gasteiger partial charge in [0.05, 0.1) is 0 Å². The van der Waals surface area contributed by atoms with Gasteiger partial charge in [0, 0.05) is 41.4 Å². The molecule has 1 aliphatic heterocycles. The van der Waals surface area contributed by atoms with Crippen LogP contribution in [0, 0.1) is 0 Å². The summed E-state index contributed by atoms with van der Waals surface area (Å²) in [6.45, 7) is 3.32. The van der Waals surface area contributed by atoms with E-state index < -0.39 is 0 Å². The first kappa shape index (κ1) is 25.3. The van der Waals surface area contributed by atoms with Gasteiger partial charge in [0.25, 0.3) is 11.8 Å². The van der Waals surface area contributed by atoms with E-state index in [2.05, 4.69) is 66.1 Å². The summed E-state index contributed by atoms with van der Waals surface area (Å²) in [6.07, 6.45) is 1.47. The molecule has 192 valence electrons. The van der Waals surface area contributed by atoms with Gasteiger partial charge in [-0.25, -0.2) is 0 Å². The molecule has 5 nitrogen and oxygen atoms in total. The minimum absolute atomic E-state index is 0.0558. The molecule has 1 heterocycles. The van der Waals surface area contributed by atoms with Crippen molar-refractivity contribution in [2.75, 3.05) is 18.4 Å². The Morgan fingerprint density at radius 1 is 0.816 bits per heavy atom. The molecule has 0 saturated carbocycles. The topological polar surface area (TPSA) is 61.4 Å². The Kier molecular flexibility index (Phi) is 7.84. The number of anilines is 1. The highest BCUT2D eigenvalue weighted by atomic mass is 16.2. The average Bonchev–Trinajstić information content (AvgIpc) is 3.23. The minimum atomic E-state index is -0.216. The van der Waals surface area contributed by atoms with Gasteiger partial charge in [0.1, 0.15) is 6.17 Å². The lowest BCUT2D eigenvalue weighted by Gasteiger charge is -2.26. The maximum Gasteiger partial charge on any atom is 0.256 e. The number of fused-ring (bicyclic) bond motifs is 1. The van der Waals surface area contributed by atoms with Crippen LogP contribution in [0.15, 0.2) is 109 Å². The highest BCUT2D eigenvalue weighted by molar-refractivity contribution is 5.99. The van der Waals surface area contributed by atoms with Gasteiger partial charge in [-0.3, -0.25) is 9.59 Å². The molecule has 0 radical (unpaired) electrons. The number of carbonyl (C=O) groups excluding carboxylic acids is 2. The number of carbonyl (C=O) groups is 2. The van der Waals surface area contributed by atoms with E-state index in [1.165, 1.54) is 11.1 Å². The normalized spacial score (nSPS) is 14.4. The van der Waals surface area contributed by atoms with Gasteiger partial charge in [-0.2, -0.15) is 0 Å². The van der Waals surface area contributed by atoms with Gasteiger partial charge < -0.3 is 15.5 Å². The zero-order chi connectivity index (χ0) is 26.3. The Hall–Kier alpha value is -4.38. The van der Waals surface area contributed by atoms with Crippen LogP contribution < -0.4 is 10.6 Å². The Morgan fingerprint density at radius 3 is 2.05 bits per heavy atom. The zero-order valence-electron chi connectivity index (χ0n) is 21.6. The van der Waals surface area contributed by atoms with Crippen LogP contribution in [-0.4, -0.2) is 29.8 Å². The molecule has 0 bridgehead atoms. The molecule has 5 heteroatoms. The maximum absolute atomic E-state index is 12.9. The van der Waals surface area contributed by atoms with Crippen LogP contribution in [0.4, 0.5) is 5.69 Å². The van der Waals surface area contributed by atoms with E-state index in [9.17, 15) is 9.59 Å². The molecule has 5 rings (SSSR count). The molecule has 1 unspecified atom stereocenters. The van der Waals surface area contributed by atoms with Gasteiger partial charge in [-0.1, -0.05) is 85.8 Å². The predicted octanol–water partition coefficient (Wildman–Crippen LogP) is 6.62. The second-order valence-corrected chi connectivity index (χ2v) is 9.63. The SMILES string of the molecule is CCCN1C(=O)c2ccccc2C1Nc1ccc(C(=O)NCCC(c2ccccc2)c2ccccc2)cc1. The lowest BCUT2D eigenvalue weighted by Crippen LogP contribution is -2.33. The molecule has 4 aromatic carbocycles. The van der Waals surface area contributed by atoms with Gasteiger partial charge in [0.15, 0.2) is 0 Å². The van der Waals surface area contributed by atoms with Gasteiger partial charge in [0.2, 0.25) is 0 Å². The van der Waals surface area contributed by atoms with Crippen molar-refractivity contribution in [2.45, 2.75) is 31.8 Å². The number of nitrogens with zero attached hydrogens (tertiary/aromatic N) is 1. The van der Waals surface area contributed by atoms with Crippen LogP contribution in [-0.2, 0) is 0 Å². The fourth-order valence-electron chi connectivity index (χ4n) is 5.20. The second kappa shape index (κ2) is 11.8. The number of hydrogen-bond donors (Lipinski definition) is 2. The number of hydrogen-bond acceptors (Lipinski definition) is 3. The molecule has 0 spiro atoms. The Balaban J connectivity index is 1.22. The van der Waals surface area contributed by atoms with E-state index in [1.807, 2.05) is 65.6 Å². The van der Waals surface area contributed by atoms with Gasteiger partial charge >= 0.3 is 0 Å². The average molecular weight is 504 g/mol. The third-order valence-corrected chi connectivity index (χ3v) is 7.10. The Labute approximate surface area is 224 Å². The molecular formula is C33H33N3O2. The lowest BCUT2D eigenvalue weighted by atomic mass is 9.88. The summed E-state index contributed by atoms with van der Waals surface area (Å²) >= 11 is 0. The number of amides is 2. The van der Waals surface area contributed by atoms with Crippen molar-refractivity contribution < 1.29 is 9.59 Å². The molecular weight excluding hydrogens is 470 g/mol. The molecule has 0 aromatic heterocycles. The quantitative estimate of drug-likeness (QED) is 0.256. The maximum atomic E-state index is 12.9. The standard InChI is InChI=1S/C33H33N3O2/c1-2-23-36-31(29-15-9-10-16-30(29)33(36)38)35-27-19-17-26(18-20-27)32(37)34-22-21-28(24-11-5-3-6-12-24)25-13-7-4-8-14-25/h3-20,28,31,35H,2,21-23H2,1H3,(H,34,37). The Morgan fingerprint density at radius 2 is 1.42 bits per heavy atom. The van der Waals surface area contributed by atoms with Crippen molar-refractivity contribution in [3.05, 3.63) is 137 Å². The minimum Gasteiger partial charge on any atom is -0.361 e. The van der Waals surface area contributed by atoms with Crippen LogP contribution in [0.3, 0.4) is 0 Å². The highest BCUT2D eigenvalue weighted by Crippen LogP contribution is 2.34. The van der Waals surface area contributed by atoms with Crippen molar-refractivity contribution in [2.24, 2.45) is 0 Å². The van der Waals surface area contributed by atoms with Crippen LogP contribution >= 0.6 is 0 Å². The van der Waals surface area contributed by atoms with Crippen LogP contribution in [0.5, 0.6) is 0 Å². The van der Waals surface area contributed by atoms with Crippen molar-refractivity contribution in [1.82, 2.24) is 10.2 Å². The summed E-state index contributed by atoms with van der Waals surface area (Å²) in [5.41, 5.74) is 5.70. The number of benzene rings is 4. The molecule has 0 aliphatic carbocycles. The first-order valence-corrected chi connectivity index (χ1v) is 13.3. The fourth-order valence-corrected chi connectivity index (χ4v) is 5.20. The fraction of sp³-hybridized carbons (Fsp3) is 0.212. The summed E-state index contributed by atoms with van der Waals surface area (Å²) < 4.78 is 0. The molecule has 1 atom stereocenters. The van der Waals surface area contributed by atoms with E-state index in [-0.39, 0.29) is 23.9 Å². The number of rotatable bonds is 10. The second-order valence-electron chi connectivity index (χ2n) is 9.63. The molecule has 2 N–H and O–H groups in total. The summed E-state index contributed by atoms with van der Waals surface area (Å²) in [5, 5.41) is 6.59. The molecule has 2 amide bonds. The van der Waals surface area contributed by atoms with Crippen LogP contribution in [0.2, 0.25) is 0 Å². The Bertz CT molecular complexity index is 1330. The molecule has 4 aromatic rings. The van der Waals surface area contributed by atoms with E-state index in [4.69, 9.17) is 0 Å². The summed E-state index contributed by atoms with van der Waals surface area (Å²) in [6, 6.07) is 36.1. The zero-order valence-corrected chi connectivity index (χ0v) is 21.6. The first-order chi connectivity index (χ1) is 18.7. The molecule has 1 aliphatic rings. The van der Waals surface area contributed by atoms with Crippen molar-refractivity contribution in [3.63, 3.8) is 0 Å². The highest BCUT2D eigenvalue weighted by Gasteiger charge is 2.35. The van der Waals surface area contributed by atoms with Crippen LogP contribution in [0.1, 0.15) is 69.3 Å². The van der Waals surface area contributed by atoms with E-state index in [0.717, 1.165) is 29.7 Å². The monoisotopic (exact) mass is 503 g/mol. The largest absolute Gasteiger partial charge is 0.361 e. The van der Waals surface area contributed by atoms with Crippen molar-refractivity contribution in [1.29, 1.82) is 0 Å². The van der Waals surface area contributed by atoms with E-state index in [1.54, 1.807) is 0 Å². The summed E-state index contributed by atoms with van der Waals surface area (Å²) in [4.78, 5) is 27.7. The lowest BCUT2D eigenvalue weighted by molar-refractivity contribution is 0.0743. The summed E-state index contributed by atoms with van der Waals surface area (Å²) in [5.74, 6) is 0.179.